The van der Waals surface area contributed by atoms with Crippen molar-refractivity contribution >= 4 is 17.4 Å². The minimum absolute atomic E-state index is 0.00750. The third-order valence-corrected chi connectivity index (χ3v) is 3.47. The molecule has 0 spiro atoms. The second-order valence-electron chi connectivity index (χ2n) is 6.13. The SMILES string of the molecule is CC(C)(C)C(=O)N1CCN(c2ncccc2[N+](=O)[O-])CC1. The van der Waals surface area contributed by atoms with Gasteiger partial charge in [0, 0.05) is 43.9 Å². The summed E-state index contributed by atoms with van der Waals surface area (Å²) in [5, 5.41) is 11.0. The summed E-state index contributed by atoms with van der Waals surface area (Å²) in [5.74, 6) is 0.489. The minimum Gasteiger partial charge on any atom is -0.347 e. The molecule has 0 N–H and O–H groups in total. The third kappa shape index (κ3) is 3.29. The van der Waals surface area contributed by atoms with E-state index in [1.165, 1.54) is 6.07 Å². The van der Waals surface area contributed by atoms with Gasteiger partial charge in [-0.05, 0) is 6.07 Å². The first-order valence-electron chi connectivity index (χ1n) is 6.94. The van der Waals surface area contributed by atoms with E-state index < -0.39 is 10.3 Å². The van der Waals surface area contributed by atoms with Crippen LogP contribution in [-0.4, -0.2) is 46.9 Å². The molecule has 1 aromatic rings. The van der Waals surface area contributed by atoms with Crippen molar-refractivity contribution in [1.29, 1.82) is 0 Å². The Morgan fingerprint density at radius 2 is 1.90 bits per heavy atom. The monoisotopic (exact) mass is 292 g/mol. The lowest BCUT2D eigenvalue weighted by molar-refractivity contribution is -0.384. The van der Waals surface area contributed by atoms with Crippen LogP contribution < -0.4 is 4.90 Å². The number of nitro groups is 1. The Bertz CT molecular complexity index is 545. The number of carbonyl (C=O) groups excluding carboxylic acids is 1. The largest absolute Gasteiger partial charge is 0.347 e. The molecule has 1 fully saturated rings. The van der Waals surface area contributed by atoms with Crippen molar-refractivity contribution in [3.63, 3.8) is 0 Å². The number of aromatic nitrogens is 1. The van der Waals surface area contributed by atoms with Crippen molar-refractivity contribution in [1.82, 2.24) is 9.88 Å². The molecule has 2 rings (SSSR count). The second kappa shape index (κ2) is 5.67. The van der Waals surface area contributed by atoms with Crippen LogP contribution in [-0.2, 0) is 4.79 Å². The lowest BCUT2D eigenvalue weighted by Crippen LogP contribution is -2.52. The molecule has 0 saturated carbocycles. The Labute approximate surface area is 123 Å². The zero-order chi connectivity index (χ0) is 15.6. The van der Waals surface area contributed by atoms with Crippen molar-refractivity contribution in [3.05, 3.63) is 28.4 Å². The van der Waals surface area contributed by atoms with E-state index in [1.54, 1.807) is 12.3 Å². The fraction of sp³-hybridized carbons (Fsp3) is 0.571. The van der Waals surface area contributed by atoms with Crippen LogP contribution in [0.2, 0.25) is 0 Å². The van der Waals surface area contributed by atoms with Crippen LogP contribution in [0.5, 0.6) is 0 Å². The fourth-order valence-corrected chi connectivity index (χ4v) is 2.37. The summed E-state index contributed by atoms with van der Waals surface area (Å²) < 4.78 is 0. The number of hydrogen-bond acceptors (Lipinski definition) is 5. The minimum atomic E-state index is -0.422. The van der Waals surface area contributed by atoms with Crippen LogP contribution in [0, 0.1) is 15.5 Å². The van der Waals surface area contributed by atoms with Gasteiger partial charge in [-0.25, -0.2) is 4.98 Å². The molecule has 1 aliphatic heterocycles. The molecule has 1 amide bonds. The average molecular weight is 292 g/mol. The normalized spacial score (nSPS) is 16.0. The van der Waals surface area contributed by atoms with Crippen LogP contribution in [0.4, 0.5) is 11.5 Å². The Kier molecular flexibility index (Phi) is 4.11. The van der Waals surface area contributed by atoms with Crippen molar-refractivity contribution in [2.24, 2.45) is 5.41 Å². The molecule has 0 radical (unpaired) electrons. The Balaban J connectivity index is 2.09. The van der Waals surface area contributed by atoms with E-state index in [2.05, 4.69) is 4.98 Å². The third-order valence-electron chi connectivity index (χ3n) is 3.47. The van der Waals surface area contributed by atoms with Crippen molar-refractivity contribution in [2.45, 2.75) is 20.8 Å². The van der Waals surface area contributed by atoms with Gasteiger partial charge in [0.2, 0.25) is 11.7 Å². The van der Waals surface area contributed by atoms with Crippen LogP contribution in [0.25, 0.3) is 0 Å². The van der Waals surface area contributed by atoms with Crippen LogP contribution in [0.3, 0.4) is 0 Å². The van der Waals surface area contributed by atoms with Gasteiger partial charge < -0.3 is 9.80 Å². The Hall–Kier alpha value is -2.18. The number of rotatable bonds is 2. The number of piperazine rings is 1. The second-order valence-corrected chi connectivity index (χ2v) is 6.13. The van der Waals surface area contributed by atoms with E-state index in [-0.39, 0.29) is 11.6 Å². The molecule has 0 atom stereocenters. The summed E-state index contributed by atoms with van der Waals surface area (Å²) in [4.78, 5) is 30.6. The lowest BCUT2D eigenvalue weighted by atomic mass is 9.94. The van der Waals surface area contributed by atoms with Gasteiger partial charge in [-0.2, -0.15) is 0 Å². The highest BCUT2D eigenvalue weighted by atomic mass is 16.6. The number of carbonyl (C=O) groups is 1. The van der Waals surface area contributed by atoms with Crippen molar-refractivity contribution in [3.8, 4) is 0 Å². The fourth-order valence-electron chi connectivity index (χ4n) is 2.37. The molecule has 114 valence electrons. The van der Waals surface area contributed by atoms with Gasteiger partial charge in [0.1, 0.15) is 0 Å². The molecular formula is C14H20N4O3. The molecule has 0 aromatic carbocycles. The van der Waals surface area contributed by atoms with Crippen molar-refractivity contribution < 1.29 is 9.72 Å². The first-order valence-corrected chi connectivity index (χ1v) is 6.94. The number of nitrogens with zero attached hydrogens (tertiary/aromatic N) is 4. The molecule has 0 aliphatic carbocycles. The molecular weight excluding hydrogens is 272 g/mol. The van der Waals surface area contributed by atoms with Crippen LogP contribution in [0.15, 0.2) is 18.3 Å². The number of amides is 1. The number of anilines is 1. The van der Waals surface area contributed by atoms with E-state index in [1.807, 2.05) is 30.6 Å². The van der Waals surface area contributed by atoms with Gasteiger partial charge >= 0.3 is 5.69 Å². The quantitative estimate of drug-likeness (QED) is 0.612. The van der Waals surface area contributed by atoms with Crippen LogP contribution in [0.1, 0.15) is 20.8 Å². The maximum atomic E-state index is 12.2. The summed E-state index contributed by atoms with van der Waals surface area (Å²) >= 11 is 0. The van der Waals surface area contributed by atoms with Gasteiger partial charge in [0.05, 0.1) is 4.92 Å². The number of hydrogen-bond donors (Lipinski definition) is 0. The summed E-state index contributed by atoms with van der Waals surface area (Å²) in [6.07, 6.45) is 1.55. The molecule has 7 nitrogen and oxygen atoms in total. The van der Waals surface area contributed by atoms with Gasteiger partial charge in [-0.3, -0.25) is 14.9 Å². The lowest BCUT2D eigenvalue weighted by Gasteiger charge is -2.37. The molecule has 1 aliphatic rings. The molecule has 0 unspecified atom stereocenters. The molecule has 1 saturated heterocycles. The molecule has 2 heterocycles. The van der Waals surface area contributed by atoms with Gasteiger partial charge in [-0.15, -0.1) is 0 Å². The zero-order valence-electron chi connectivity index (χ0n) is 12.6. The maximum Gasteiger partial charge on any atom is 0.311 e. The highest BCUT2D eigenvalue weighted by molar-refractivity contribution is 5.81. The molecule has 7 heteroatoms. The van der Waals surface area contributed by atoms with Gasteiger partial charge in [0.15, 0.2) is 0 Å². The summed E-state index contributed by atoms with van der Waals surface area (Å²) in [6.45, 7) is 7.91. The van der Waals surface area contributed by atoms with E-state index >= 15 is 0 Å². The maximum absolute atomic E-state index is 12.2. The standard InChI is InChI=1S/C14H20N4O3/c1-14(2,3)13(19)17-9-7-16(8-10-17)12-11(18(20)21)5-4-6-15-12/h4-6H,7-10H2,1-3H3. The highest BCUT2D eigenvalue weighted by Crippen LogP contribution is 2.26. The van der Waals surface area contributed by atoms with Crippen molar-refractivity contribution in [2.75, 3.05) is 31.1 Å². The summed E-state index contributed by atoms with van der Waals surface area (Å²) in [5.41, 5.74) is -0.396. The number of pyridine rings is 1. The predicted octanol–water partition coefficient (Wildman–Crippen LogP) is 1.68. The van der Waals surface area contributed by atoms with Crippen LogP contribution >= 0.6 is 0 Å². The smallest absolute Gasteiger partial charge is 0.311 e. The summed E-state index contributed by atoms with van der Waals surface area (Å²) in [7, 11) is 0. The topological polar surface area (TPSA) is 79.6 Å². The summed E-state index contributed by atoms with van der Waals surface area (Å²) in [6, 6.07) is 3.01. The Morgan fingerprint density at radius 3 is 2.43 bits per heavy atom. The van der Waals surface area contributed by atoms with E-state index in [0.717, 1.165) is 0 Å². The first kappa shape index (κ1) is 15.2. The Morgan fingerprint density at radius 1 is 1.29 bits per heavy atom. The van der Waals surface area contributed by atoms with E-state index in [0.29, 0.717) is 32.0 Å². The molecule has 0 bridgehead atoms. The molecule has 21 heavy (non-hydrogen) atoms. The average Bonchev–Trinajstić information content (AvgIpc) is 2.45. The predicted molar refractivity (Wildman–Crippen MR) is 79.1 cm³/mol. The van der Waals surface area contributed by atoms with E-state index in [9.17, 15) is 14.9 Å². The zero-order valence-corrected chi connectivity index (χ0v) is 12.6. The first-order chi connectivity index (χ1) is 9.80. The van der Waals surface area contributed by atoms with Gasteiger partial charge in [0.25, 0.3) is 0 Å². The highest BCUT2D eigenvalue weighted by Gasteiger charge is 2.31. The van der Waals surface area contributed by atoms with Gasteiger partial charge in [-0.1, -0.05) is 20.8 Å². The van der Waals surface area contributed by atoms with E-state index in [4.69, 9.17) is 0 Å². The molecule has 1 aromatic heterocycles.